The number of hydrogen-bond acceptors (Lipinski definition) is 4. The molecule has 0 aromatic carbocycles. The summed E-state index contributed by atoms with van der Waals surface area (Å²) in [6, 6.07) is 0. The minimum atomic E-state index is -3.42. The van der Waals surface area contributed by atoms with Gasteiger partial charge in [0.2, 0.25) is 0 Å². The molecule has 0 aliphatic carbocycles. The number of rotatable bonds is 4. The van der Waals surface area contributed by atoms with Crippen LogP contribution in [-0.2, 0) is 4.84 Å². The number of nitrogens with zero attached hydrogens (tertiary/aromatic N) is 1. The summed E-state index contributed by atoms with van der Waals surface area (Å²) in [6.45, 7) is 4.88. The third-order valence-corrected chi connectivity index (χ3v) is 2.45. The van der Waals surface area contributed by atoms with Crippen molar-refractivity contribution in [2.24, 2.45) is 10.6 Å². The van der Waals surface area contributed by atoms with Crippen LogP contribution >= 0.6 is 12.6 Å². The van der Waals surface area contributed by atoms with Crippen LogP contribution in [0.5, 0.6) is 0 Å². The number of amides is 1. The molecular formula is C9H16F2N2O2S. The molecule has 0 heterocycles. The van der Waals surface area contributed by atoms with Gasteiger partial charge in [0.05, 0.1) is 0 Å². The second-order valence-corrected chi connectivity index (χ2v) is 4.41. The Bertz CT molecular complexity index is 288. The van der Waals surface area contributed by atoms with Gasteiger partial charge in [0.25, 0.3) is 0 Å². The van der Waals surface area contributed by atoms with E-state index in [2.05, 4.69) is 27.9 Å². The van der Waals surface area contributed by atoms with Gasteiger partial charge in [-0.2, -0.15) is 8.78 Å². The predicted molar refractivity (Wildman–Crippen MR) is 61.0 cm³/mol. The van der Waals surface area contributed by atoms with Crippen molar-refractivity contribution >= 4 is 24.4 Å². The van der Waals surface area contributed by atoms with E-state index in [1.165, 1.54) is 7.05 Å². The topological polar surface area (TPSA) is 50.7 Å². The number of nitrogens with one attached hydrogen (secondary N) is 1. The molecule has 0 rings (SSSR count). The Balaban J connectivity index is 5.04. The molecule has 0 fully saturated rings. The van der Waals surface area contributed by atoms with Crippen molar-refractivity contribution in [3.63, 3.8) is 0 Å². The van der Waals surface area contributed by atoms with Crippen molar-refractivity contribution in [2.75, 3.05) is 7.05 Å². The molecule has 94 valence electrons. The average molecular weight is 254 g/mol. The molecule has 0 aliphatic rings. The van der Waals surface area contributed by atoms with E-state index in [0.29, 0.717) is 6.42 Å². The van der Waals surface area contributed by atoms with Crippen LogP contribution in [0.2, 0.25) is 0 Å². The average Bonchev–Trinajstić information content (AvgIpc) is 2.15. The summed E-state index contributed by atoms with van der Waals surface area (Å²) in [7, 11) is 1.31. The van der Waals surface area contributed by atoms with Crippen molar-refractivity contribution in [1.82, 2.24) is 5.32 Å². The van der Waals surface area contributed by atoms with Crippen molar-refractivity contribution in [1.29, 1.82) is 0 Å². The second kappa shape index (κ2) is 5.47. The number of carbonyl (C=O) groups excluding carboxylic acids is 1. The summed E-state index contributed by atoms with van der Waals surface area (Å²) in [5.74, 6) is 0. The quantitative estimate of drug-likeness (QED) is 0.351. The van der Waals surface area contributed by atoms with Gasteiger partial charge in [-0.05, 0) is 6.42 Å². The van der Waals surface area contributed by atoms with Gasteiger partial charge in [0, 0.05) is 12.5 Å². The van der Waals surface area contributed by atoms with Gasteiger partial charge in [0.15, 0.2) is 0 Å². The molecule has 0 spiro atoms. The zero-order chi connectivity index (χ0) is 13.0. The molecule has 0 saturated carbocycles. The summed E-state index contributed by atoms with van der Waals surface area (Å²) >= 11 is 3.15. The van der Waals surface area contributed by atoms with Gasteiger partial charge in [-0.3, -0.25) is 4.84 Å². The SMILES string of the molecule is CCC(C)(C)C(=NOC(=O)NC)C(F)(F)S. The standard InChI is InChI=1S/C9H16F2N2O2S/c1-5-8(2,3)6(9(10,11)16)13-15-7(14)12-4/h16H,5H2,1-4H3,(H,12,14). The van der Waals surface area contributed by atoms with Crippen LogP contribution in [0.3, 0.4) is 0 Å². The highest BCUT2D eigenvalue weighted by molar-refractivity contribution is 7.82. The Hall–Kier alpha value is -0.850. The summed E-state index contributed by atoms with van der Waals surface area (Å²) in [5.41, 5.74) is -1.48. The van der Waals surface area contributed by atoms with Gasteiger partial charge >= 0.3 is 11.3 Å². The zero-order valence-electron chi connectivity index (χ0n) is 9.67. The molecule has 4 nitrogen and oxygen atoms in total. The van der Waals surface area contributed by atoms with Crippen molar-refractivity contribution in [3.05, 3.63) is 0 Å². The molecule has 0 saturated heterocycles. The van der Waals surface area contributed by atoms with Crippen LogP contribution < -0.4 is 5.32 Å². The zero-order valence-corrected chi connectivity index (χ0v) is 10.6. The monoisotopic (exact) mass is 254 g/mol. The van der Waals surface area contributed by atoms with Gasteiger partial charge in [-0.1, -0.05) is 38.6 Å². The Labute approximate surface area is 98.8 Å². The number of carbonyl (C=O) groups is 1. The molecule has 7 heteroatoms. The van der Waals surface area contributed by atoms with Gasteiger partial charge in [-0.25, -0.2) is 4.79 Å². The molecule has 0 aromatic heterocycles. The fourth-order valence-corrected chi connectivity index (χ4v) is 1.23. The highest BCUT2D eigenvalue weighted by Crippen LogP contribution is 2.34. The molecule has 0 bridgehead atoms. The normalized spacial score (nSPS) is 13.6. The maximum atomic E-state index is 13.1. The number of halogens is 2. The molecule has 0 aliphatic heterocycles. The fourth-order valence-electron chi connectivity index (χ4n) is 0.886. The molecule has 0 unspecified atom stereocenters. The minimum absolute atomic E-state index is 0.416. The lowest BCUT2D eigenvalue weighted by atomic mass is 9.84. The lowest BCUT2D eigenvalue weighted by molar-refractivity contribution is 0.136. The van der Waals surface area contributed by atoms with Crippen molar-refractivity contribution < 1.29 is 18.4 Å². The van der Waals surface area contributed by atoms with Crippen LogP contribution in [-0.4, -0.2) is 24.1 Å². The minimum Gasteiger partial charge on any atom is -0.323 e. The van der Waals surface area contributed by atoms with E-state index in [1.807, 2.05) is 0 Å². The number of thiol groups is 1. The van der Waals surface area contributed by atoms with E-state index in [9.17, 15) is 13.6 Å². The van der Waals surface area contributed by atoms with E-state index < -0.39 is 22.5 Å². The Morgan fingerprint density at radius 3 is 2.31 bits per heavy atom. The van der Waals surface area contributed by atoms with Gasteiger partial charge in [-0.15, -0.1) is 0 Å². The molecular weight excluding hydrogens is 238 g/mol. The summed E-state index contributed by atoms with van der Waals surface area (Å²) in [5, 5.41) is 1.87. The molecule has 16 heavy (non-hydrogen) atoms. The smallest absolute Gasteiger partial charge is 0.323 e. The second-order valence-electron chi connectivity index (χ2n) is 3.85. The molecule has 0 radical (unpaired) electrons. The fraction of sp³-hybridized carbons (Fsp3) is 0.778. The molecule has 1 amide bonds. The van der Waals surface area contributed by atoms with E-state index >= 15 is 0 Å². The van der Waals surface area contributed by atoms with Gasteiger partial charge < -0.3 is 5.32 Å². The number of hydrogen-bond donors (Lipinski definition) is 2. The van der Waals surface area contributed by atoms with E-state index in [4.69, 9.17) is 0 Å². The van der Waals surface area contributed by atoms with E-state index in [-0.39, 0.29) is 0 Å². The lowest BCUT2D eigenvalue weighted by Gasteiger charge is -2.27. The van der Waals surface area contributed by atoms with E-state index in [1.54, 1.807) is 20.8 Å². The van der Waals surface area contributed by atoms with Crippen LogP contribution in [0.4, 0.5) is 13.6 Å². The third kappa shape index (κ3) is 4.34. The number of alkyl halides is 2. The highest BCUT2D eigenvalue weighted by atomic mass is 32.1. The largest absolute Gasteiger partial charge is 0.433 e. The van der Waals surface area contributed by atoms with Crippen molar-refractivity contribution in [3.8, 4) is 0 Å². The molecule has 0 aromatic rings. The van der Waals surface area contributed by atoms with Crippen LogP contribution in [0.1, 0.15) is 27.2 Å². The Kier molecular flexibility index (Phi) is 5.18. The Morgan fingerprint density at radius 1 is 1.50 bits per heavy atom. The van der Waals surface area contributed by atoms with Gasteiger partial charge in [0.1, 0.15) is 5.71 Å². The first-order chi connectivity index (χ1) is 7.15. The summed E-state index contributed by atoms with van der Waals surface area (Å²) < 4.78 is 26.3. The summed E-state index contributed by atoms with van der Waals surface area (Å²) in [4.78, 5) is 15.0. The van der Waals surface area contributed by atoms with Crippen LogP contribution in [0.15, 0.2) is 5.16 Å². The summed E-state index contributed by atoms with van der Waals surface area (Å²) in [6.07, 6.45) is -0.485. The van der Waals surface area contributed by atoms with Crippen molar-refractivity contribution in [2.45, 2.75) is 32.4 Å². The highest BCUT2D eigenvalue weighted by Gasteiger charge is 2.42. The van der Waals surface area contributed by atoms with Crippen LogP contribution in [0.25, 0.3) is 0 Å². The maximum absolute atomic E-state index is 13.1. The lowest BCUT2D eigenvalue weighted by Crippen LogP contribution is -2.36. The first kappa shape index (κ1) is 15.2. The first-order valence-corrected chi connectivity index (χ1v) is 5.17. The Morgan fingerprint density at radius 2 is 2.00 bits per heavy atom. The third-order valence-electron chi connectivity index (χ3n) is 2.23. The predicted octanol–water partition coefficient (Wildman–Crippen LogP) is 2.66. The first-order valence-electron chi connectivity index (χ1n) is 4.73. The molecule has 0 atom stereocenters. The maximum Gasteiger partial charge on any atom is 0.433 e. The van der Waals surface area contributed by atoms with Crippen LogP contribution in [0, 0.1) is 5.41 Å². The number of oxime groups is 1. The van der Waals surface area contributed by atoms with E-state index in [0.717, 1.165) is 0 Å². The molecule has 1 N–H and O–H groups in total.